The van der Waals surface area contributed by atoms with Crippen molar-refractivity contribution in [2.45, 2.75) is 66.7 Å². The molecule has 1 unspecified atom stereocenters. The van der Waals surface area contributed by atoms with Gasteiger partial charge in [0.25, 0.3) is 0 Å². The van der Waals surface area contributed by atoms with Gasteiger partial charge in [-0.25, -0.2) is 0 Å². The molecule has 2 heteroatoms. The maximum absolute atomic E-state index is 11.6. The zero-order valence-corrected chi connectivity index (χ0v) is 11.4. The average Bonchev–Trinajstić information content (AvgIpc) is 2.11. The quantitative estimate of drug-likeness (QED) is 0.590. The Morgan fingerprint density at radius 2 is 1.81 bits per heavy atom. The fourth-order valence-corrected chi connectivity index (χ4v) is 1.80. The third-order valence-electron chi connectivity index (χ3n) is 3.13. The standard InChI is InChI=1S/C14H26O2/c1-6-11(2)7-8-14(4,5)10-13(16)9-12(3)15/h11H,6-10H2,1-5H3. The summed E-state index contributed by atoms with van der Waals surface area (Å²) in [5.41, 5.74) is 0.0377. The van der Waals surface area contributed by atoms with Gasteiger partial charge in [0, 0.05) is 6.42 Å². The largest absolute Gasteiger partial charge is 0.300 e. The highest BCUT2D eigenvalue weighted by Gasteiger charge is 2.22. The van der Waals surface area contributed by atoms with Crippen molar-refractivity contribution in [1.82, 2.24) is 0 Å². The van der Waals surface area contributed by atoms with Gasteiger partial charge in [-0.1, -0.05) is 40.5 Å². The van der Waals surface area contributed by atoms with Crippen molar-refractivity contribution in [3.63, 3.8) is 0 Å². The molecule has 0 aliphatic carbocycles. The molecule has 0 spiro atoms. The average molecular weight is 226 g/mol. The van der Waals surface area contributed by atoms with E-state index in [1.165, 1.54) is 13.3 Å². The molecule has 0 rings (SSSR count). The monoisotopic (exact) mass is 226 g/mol. The first-order chi connectivity index (χ1) is 7.26. The van der Waals surface area contributed by atoms with Crippen molar-refractivity contribution < 1.29 is 9.59 Å². The van der Waals surface area contributed by atoms with Gasteiger partial charge < -0.3 is 0 Å². The van der Waals surface area contributed by atoms with Crippen LogP contribution in [-0.2, 0) is 9.59 Å². The number of Topliss-reactive ketones (excluding diaryl/α,β-unsaturated/α-hetero) is 2. The van der Waals surface area contributed by atoms with Gasteiger partial charge in [-0.3, -0.25) is 9.59 Å². The van der Waals surface area contributed by atoms with Crippen molar-refractivity contribution in [2.75, 3.05) is 0 Å². The Hall–Kier alpha value is -0.660. The van der Waals surface area contributed by atoms with Crippen LogP contribution in [0, 0.1) is 11.3 Å². The lowest BCUT2D eigenvalue weighted by Crippen LogP contribution is -2.19. The Labute approximate surface area is 99.8 Å². The molecule has 1 atom stereocenters. The van der Waals surface area contributed by atoms with Crippen LogP contribution in [0.3, 0.4) is 0 Å². The second kappa shape index (κ2) is 6.82. The summed E-state index contributed by atoms with van der Waals surface area (Å²) in [6, 6.07) is 0. The second-order valence-electron chi connectivity index (χ2n) is 5.81. The van der Waals surface area contributed by atoms with Gasteiger partial charge in [-0.15, -0.1) is 0 Å². The third kappa shape index (κ3) is 7.61. The molecule has 0 aromatic rings. The molecule has 0 N–H and O–H groups in total. The van der Waals surface area contributed by atoms with Gasteiger partial charge in [0.15, 0.2) is 0 Å². The van der Waals surface area contributed by atoms with Gasteiger partial charge in [-0.2, -0.15) is 0 Å². The summed E-state index contributed by atoms with van der Waals surface area (Å²) >= 11 is 0. The van der Waals surface area contributed by atoms with Crippen molar-refractivity contribution in [3.8, 4) is 0 Å². The smallest absolute Gasteiger partial charge is 0.140 e. The molecule has 16 heavy (non-hydrogen) atoms. The van der Waals surface area contributed by atoms with E-state index in [1.54, 1.807) is 0 Å². The predicted octanol–water partition coefficient (Wildman–Crippen LogP) is 3.78. The maximum Gasteiger partial charge on any atom is 0.140 e. The van der Waals surface area contributed by atoms with Crippen LogP contribution < -0.4 is 0 Å². The van der Waals surface area contributed by atoms with Crippen LogP contribution in [0.4, 0.5) is 0 Å². The van der Waals surface area contributed by atoms with Gasteiger partial charge in [-0.05, 0) is 24.7 Å². The number of hydrogen-bond acceptors (Lipinski definition) is 2. The fourth-order valence-electron chi connectivity index (χ4n) is 1.80. The van der Waals surface area contributed by atoms with Crippen LogP contribution in [-0.4, -0.2) is 11.6 Å². The first-order valence-electron chi connectivity index (χ1n) is 6.28. The predicted molar refractivity (Wildman–Crippen MR) is 67.4 cm³/mol. The van der Waals surface area contributed by atoms with E-state index in [0.717, 1.165) is 18.8 Å². The van der Waals surface area contributed by atoms with Gasteiger partial charge in [0.1, 0.15) is 11.6 Å². The molecular formula is C14H26O2. The van der Waals surface area contributed by atoms with E-state index in [0.29, 0.717) is 6.42 Å². The minimum atomic E-state index is -0.0253. The van der Waals surface area contributed by atoms with E-state index in [4.69, 9.17) is 0 Å². The number of hydrogen-bond donors (Lipinski definition) is 0. The van der Waals surface area contributed by atoms with Crippen LogP contribution in [0.1, 0.15) is 66.7 Å². The molecule has 0 bridgehead atoms. The van der Waals surface area contributed by atoms with E-state index >= 15 is 0 Å². The van der Waals surface area contributed by atoms with Crippen molar-refractivity contribution in [3.05, 3.63) is 0 Å². The zero-order chi connectivity index (χ0) is 12.8. The van der Waals surface area contributed by atoms with Gasteiger partial charge >= 0.3 is 0 Å². The first-order valence-corrected chi connectivity index (χ1v) is 6.28. The molecule has 0 saturated carbocycles. The fraction of sp³-hybridized carbons (Fsp3) is 0.857. The molecule has 0 saturated heterocycles. The summed E-state index contributed by atoms with van der Waals surface area (Å²) in [7, 11) is 0. The lowest BCUT2D eigenvalue weighted by molar-refractivity contribution is -0.127. The molecule has 2 nitrogen and oxygen atoms in total. The van der Waals surface area contributed by atoms with E-state index in [1.807, 2.05) is 0 Å². The summed E-state index contributed by atoms with van der Waals surface area (Å²) in [6.07, 6.45) is 4.05. The van der Waals surface area contributed by atoms with E-state index in [2.05, 4.69) is 27.7 Å². The van der Waals surface area contributed by atoms with Crippen LogP contribution in [0.25, 0.3) is 0 Å². The Kier molecular flexibility index (Phi) is 6.54. The second-order valence-corrected chi connectivity index (χ2v) is 5.81. The number of carbonyl (C=O) groups is 2. The van der Waals surface area contributed by atoms with E-state index in [9.17, 15) is 9.59 Å². The van der Waals surface area contributed by atoms with Crippen molar-refractivity contribution in [2.24, 2.45) is 11.3 Å². The van der Waals surface area contributed by atoms with Gasteiger partial charge in [0.2, 0.25) is 0 Å². The molecule has 0 radical (unpaired) electrons. The maximum atomic E-state index is 11.6. The summed E-state index contributed by atoms with van der Waals surface area (Å²) in [5, 5.41) is 0. The van der Waals surface area contributed by atoms with Crippen molar-refractivity contribution >= 4 is 11.6 Å². The molecule has 0 amide bonds. The van der Waals surface area contributed by atoms with Crippen LogP contribution in [0.2, 0.25) is 0 Å². The minimum Gasteiger partial charge on any atom is -0.300 e. The summed E-state index contributed by atoms with van der Waals surface area (Å²) in [5.74, 6) is 0.784. The van der Waals surface area contributed by atoms with Crippen LogP contribution in [0.15, 0.2) is 0 Å². The normalized spacial score (nSPS) is 13.6. The number of rotatable bonds is 8. The summed E-state index contributed by atoms with van der Waals surface area (Å²) in [6.45, 7) is 10.1. The molecule has 0 aromatic heterocycles. The molecule has 0 heterocycles. The molecule has 0 aliphatic rings. The molecular weight excluding hydrogens is 200 g/mol. The number of carbonyl (C=O) groups excluding carboxylic acids is 2. The highest BCUT2D eigenvalue weighted by atomic mass is 16.1. The lowest BCUT2D eigenvalue weighted by atomic mass is 9.80. The van der Waals surface area contributed by atoms with Crippen molar-refractivity contribution in [1.29, 1.82) is 0 Å². The molecule has 0 fully saturated rings. The SMILES string of the molecule is CCC(C)CCC(C)(C)CC(=O)CC(C)=O. The van der Waals surface area contributed by atoms with E-state index in [-0.39, 0.29) is 23.4 Å². The Morgan fingerprint density at radius 1 is 1.25 bits per heavy atom. The highest BCUT2D eigenvalue weighted by molar-refractivity contribution is 5.98. The summed E-state index contributed by atoms with van der Waals surface area (Å²) < 4.78 is 0. The Balaban J connectivity index is 4.03. The third-order valence-corrected chi connectivity index (χ3v) is 3.13. The zero-order valence-electron chi connectivity index (χ0n) is 11.4. The Morgan fingerprint density at radius 3 is 2.25 bits per heavy atom. The Bertz CT molecular complexity index is 241. The van der Waals surface area contributed by atoms with Gasteiger partial charge in [0.05, 0.1) is 6.42 Å². The molecule has 94 valence electrons. The first kappa shape index (κ1) is 15.3. The lowest BCUT2D eigenvalue weighted by Gasteiger charge is -2.25. The minimum absolute atomic E-state index is 0.0253. The van der Waals surface area contributed by atoms with Crippen LogP contribution in [0.5, 0.6) is 0 Å². The number of ketones is 2. The summed E-state index contributed by atoms with van der Waals surface area (Å²) in [4.78, 5) is 22.4. The van der Waals surface area contributed by atoms with E-state index < -0.39 is 0 Å². The molecule has 0 aromatic carbocycles. The molecule has 0 aliphatic heterocycles. The topological polar surface area (TPSA) is 34.1 Å². The highest BCUT2D eigenvalue weighted by Crippen LogP contribution is 2.30. The van der Waals surface area contributed by atoms with Crippen LogP contribution >= 0.6 is 0 Å².